The maximum Gasteiger partial charge on any atom is 0.490 e. The van der Waals surface area contributed by atoms with E-state index in [2.05, 4.69) is 26.8 Å². The van der Waals surface area contributed by atoms with Gasteiger partial charge in [0.25, 0.3) is 0 Å². The van der Waals surface area contributed by atoms with Gasteiger partial charge in [0, 0.05) is 0 Å². The first-order valence-corrected chi connectivity index (χ1v) is 7.03. The molecule has 0 radical (unpaired) electrons. The van der Waals surface area contributed by atoms with Crippen LogP contribution in [0.4, 0.5) is 0 Å². The van der Waals surface area contributed by atoms with Crippen LogP contribution in [-0.2, 0) is 9.31 Å². The number of fused-ring (bicyclic) bond motifs is 1. The van der Waals surface area contributed by atoms with Crippen molar-refractivity contribution >= 4 is 7.12 Å². The Morgan fingerprint density at radius 3 is 2.59 bits per heavy atom. The lowest BCUT2D eigenvalue weighted by Gasteiger charge is -2.69. The summed E-state index contributed by atoms with van der Waals surface area (Å²) in [5.41, 5.74) is 1.62. The molecule has 3 atom stereocenters. The molecule has 1 saturated heterocycles. The van der Waals surface area contributed by atoms with Gasteiger partial charge >= 0.3 is 7.12 Å². The molecule has 4 fully saturated rings. The van der Waals surface area contributed by atoms with Gasteiger partial charge in [-0.25, -0.2) is 0 Å². The van der Waals surface area contributed by atoms with Crippen LogP contribution in [-0.4, -0.2) is 18.3 Å². The van der Waals surface area contributed by atoms with Crippen molar-refractivity contribution in [1.82, 2.24) is 0 Å². The van der Waals surface area contributed by atoms with Crippen LogP contribution in [0.3, 0.4) is 0 Å². The van der Waals surface area contributed by atoms with E-state index >= 15 is 0 Å². The zero-order chi connectivity index (χ0) is 11.9. The number of allylic oxidation sites excluding steroid dienone is 2. The third-order valence-corrected chi connectivity index (χ3v) is 6.24. The van der Waals surface area contributed by atoms with Gasteiger partial charge in [-0.2, -0.15) is 0 Å². The van der Waals surface area contributed by atoms with E-state index in [1.165, 1.54) is 37.6 Å². The fourth-order valence-electron chi connectivity index (χ4n) is 4.67. The van der Waals surface area contributed by atoms with Crippen molar-refractivity contribution in [3.8, 4) is 0 Å². The van der Waals surface area contributed by atoms with Crippen molar-refractivity contribution in [3.05, 3.63) is 11.5 Å². The van der Waals surface area contributed by atoms with Crippen molar-refractivity contribution < 1.29 is 9.31 Å². The van der Waals surface area contributed by atoms with E-state index in [1.54, 1.807) is 0 Å². The van der Waals surface area contributed by atoms with E-state index in [-0.39, 0.29) is 18.3 Å². The first-order valence-electron chi connectivity index (χ1n) is 7.03. The summed E-state index contributed by atoms with van der Waals surface area (Å²) in [5, 5.41) is 0. The molecule has 5 rings (SSSR count). The lowest BCUT2D eigenvalue weighted by molar-refractivity contribution is -0.257. The predicted octanol–water partition coefficient (Wildman–Crippen LogP) is 3.12. The predicted molar refractivity (Wildman–Crippen MR) is 67.5 cm³/mol. The minimum atomic E-state index is -0.0493. The molecule has 3 saturated carbocycles. The van der Waals surface area contributed by atoms with Gasteiger partial charge in [0.1, 0.15) is 0 Å². The quantitative estimate of drug-likeness (QED) is 0.646. The van der Waals surface area contributed by atoms with Gasteiger partial charge in [-0.05, 0) is 55.8 Å². The molecule has 1 heterocycles. The standard InChI is InChI=1S/C14H21BO2/c1-12(2)10-7-8-13(3)14(12,9-10)17-15(16-13)11-5-4-6-11/h5,10H,4,6-9H2,1-3H3. The Hall–Kier alpha value is -0.275. The molecular weight excluding hydrogens is 211 g/mol. The van der Waals surface area contributed by atoms with Crippen LogP contribution in [0.2, 0.25) is 0 Å². The zero-order valence-electron chi connectivity index (χ0n) is 11.1. The van der Waals surface area contributed by atoms with E-state index in [9.17, 15) is 0 Å². The lowest BCUT2D eigenvalue weighted by atomic mass is 9.41. The molecule has 2 bridgehead atoms. The summed E-state index contributed by atoms with van der Waals surface area (Å²) in [5.74, 6) is 0.841. The smallest absolute Gasteiger partial charge is 0.399 e. The van der Waals surface area contributed by atoms with Crippen LogP contribution in [0.15, 0.2) is 11.5 Å². The second-order valence-electron chi connectivity index (χ2n) is 7.10. The average molecular weight is 232 g/mol. The highest BCUT2D eigenvalue weighted by atomic mass is 16.7. The molecule has 1 aliphatic heterocycles. The Balaban J connectivity index is 1.73. The van der Waals surface area contributed by atoms with Gasteiger partial charge < -0.3 is 9.31 Å². The molecule has 0 amide bonds. The van der Waals surface area contributed by atoms with E-state index in [0.717, 1.165) is 5.92 Å². The van der Waals surface area contributed by atoms with Crippen LogP contribution in [0.5, 0.6) is 0 Å². The summed E-state index contributed by atoms with van der Waals surface area (Å²) in [6.45, 7) is 7.03. The summed E-state index contributed by atoms with van der Waals surface area (Å²) in [6.07, 6.45) is 8.34. The number of hydrogen-bond donors (Lipinski definition) is 0. The van der Waals surface area contributed by atoms with Crippen LogP contribution in [0.1, 0.15) is 52.9 Å². The molecule has 0 aromatic rings. The van der Waals surface area contributed by atoms with Crippen molar-refractivity contribution in [2.45, 2.75) is 64.1 Å². The second-order valence-corrected chi connectivity index (χ2v) is 7.10. The highest BCUT2D eigenvalue weighted by Crippen LogP contribution is 2.70. The van der Waals surface area contributed by atoms with Gasteiger partial charge in [0.2, 0.25) is 0 Å². The molecule has 4 aliphatic carbocycles. The first-order chi connectivity index (χ1) is 7.99. The third-order valence-electron chi connectivity index (χ3n) is 6.24. The van der Waals surface area contributed by atoms with Gasteiger partial charge in [-0.3, -0.25) is 0 Å². The number of rotatable bonds is 1. The summed E-state index contributed by atoms with van der Waals surface area (Å²) in [4.78, 5) is 0. The minimum absolute atomic E-state index is 0.00991. The molecule has 3 heteroatoms. The highest BCUT2D eigenvalue weighted by Gasteiger charge is 2.76. The minimum Gasteiger partial charge on any atom is -0.399 e. The summed E-state index contributed by atoms with van der Waals surface area (Å²) < 4.78 is 12.8. The van der Waals surface area contributed by atoms with Crippen LogP contribution in [0.25, 0.3) is 0 Å². The molecule has 0 N–H and O–H groups in total. The zero-order valence-corrected chi connectivity index (χ0v) is 11.1. The Bertz CT molecular complexity index is 416. The molecular formula is C14H21BO2. The number of hydrogen-bond acceptors (Lipinski definition) is 2. The fourth-order valence-corrected chi connectivity index (χ4v) is 4.67. The molecule has 92 valence electrons. The molecule has 1 spiro atoms. The SMILES string of the molecule is CC12CCC3CC1(OB(C1=CCC1)O2)C3(C)C. The van der Waals surface area contributed by atoms with E-state index in [4.69, 9.17) is 9.31 Å². The molecule has 2 nitrogen and oxygen atoms in total. The fraction of sp³-hybridized carbons (Fsp3) is 0.857. The van der Waals surface area contributed by atoms with E-state index in [0.29, 0.717) is 5.41 Å². The van der Waals surface area contributed by atoms with Crippen molar-refractivity contribution in [2.75, 3.05) is 0 Å². The van der Waals surface area contributed by atoms with E-state index < -0.39 is 0 Å². The molecule has 0 aromatic carbocycles. The van der Waals surface area contributed by atoms with Crippen LogP contribution < -0.4 is 0 Å². The third kappa shape index (κ3) is 0.989. The van der Waals surface area contributed by atoms with Crippen molar-refractivity contribution in [1.29, 1.82) is 0 Å². The van der Waals surface area contributed by atoms with Gasteiger partial charge in [-0.1, -0.05) is 19.9 Å². The van der Waals surface area contributed by atoms with Crippen LogP contribution in [0, 0.1) is 11.3 Å². The molecule has 3 unspecified atom stereocenters. The summed E-state index contributed by atoms with van der Waals surface area (Å²) in [6, 6.07) is 0. The Morgan fingerprint density at radius 2 is 2.06 bits per heavy atom. The largest absolute Gasteiger partial charge is 0.490 e. The second kappa shape index (κ2) is 2.83. The monoisotopic (exact) mass is 232 g/mol. The van der Waals surface area contributed by atoms with Crippen molar-refractivity contribution in [3.63, 3.8) is 0 Å². The Labute approximate surface area is 104 Å². The maximum atomic E-state index is 6.45. The normalized spacial score (nSPS) is 50.2. The average Bonchev–Trinajstić information content (AvgIpc) is 2.49. The first kappa shape index (κ1) is 10.6. The van der Waals surface area contributed by atoms with Gasteiger partial charge in [0.05, 0.1) is 11.2 Å². The van der Waals surface area contributed by atoms with Gasteiger partial charge in [0.15, 0.2) is 0 Å². The lowest BCUT2D eigenvalue weighted by Crippen LogP contribution is -2.73. The molecule has 5 aliphatic rings. The maximum absolute atomic E-state index is 6.45. The van der Waals surface area contributed by atoms with Crippen molar-refractivity contribution in [2.24, 2.45) is 11.3 Å². The Morgan fingerprint density at radius 1 is 1.29 bits per heavy atom. The molecule has 17 heavy (non-hydrogen) atoms. The van der Waals surface area contributed by atoms with Crippen LogP contribution >= 0.6 is 0 Å². The summed E-state index contributed by atoms with van der Waals surface area (Å²) >= 11 is 0. The topological polar surface area (TPSA) is 18.5 Å². The Kier molecular flexibility index (Phi) is 1.77. The molecule has 0 aromatic heterocycles. The van der Waals surface area contributed by atoms with Gasteiger partial charge in [-0.15, -0.1) is 0 Å². The highest BCUT2D eigenvalue weighted by molar-refractivity contribution is 6.55. The summed E-state index contributed by atoms with van der Waals surface area (Å²) in [7, 11) is -0.0351. The van der Waals surface area contributed by atoms with E-state index in [1.807, 2.05) is 0 Å².